The minimum Gasteiger partial charge on any atom is -0.393 e. The van der Waals surface area contributed by atoms with E-state index in [2.05, 4.69) is 4.98 Å². The molecule has 0 amide bonds. The number of aliphatic hydroxyl groups is 2. The molecule has 110 valence electrons. The molecule has 20 heavy (non-hydrogen) atoms. The van der Waals surface area contributed by atoms with Crippen LogP contribution in [0.2, 0.25) is 0 Å². The number of nitrogens with one attached hydrogen (secondary N) is 1. The molecule has 1 aromatic rings. The molecule has 2 aliphatic heterocycles. The third kappa shape index (κ3) is 1.76. The molecular formula is C12H16N2O6. The fraction of sp³-hybridized carbons (Fsp3) is 0.667. The van der Waals surface area contributed by atoms with Crippen molar-refractivity contribution >= 4 is 0 Å². The van der Waals surface area contributed by atoms with Crippen molar-refractivity contribution < 1.29 is 19.7 Å². The average Bonchev–Trinajstić information content (AvgIpc) is 2.63. The molecule has 8 heteroatoms. The minimum atomic E-state index is -1.11. The van der Waals surface area contributed by atoms with E-state index in [4.69, 9.17) is 9.47 Å². The molecular weight excluding hydrogens is 268 g/mol. The number of ether oxygens (including phenoxy) is 2. The van der Waals surface area contributed by atoms with Crippen LogP contribution in [0.25, 0.3) is 0 Å². The van der Waals surface area contributed by atoms with E-state index < -0.39 is 35.1 Å². The van der Waals surface area contributed by atoms with Gasteiger partial charge in [-0.25, -0.2) is 4.79 Å². The lowest BCUT2D eigenvalue weighted by Crippen LogP contribution is -2.57. The summed E-state index contributed by atoms with van der Waals surface area (Å²) < 4.78 is 12.3. The number of aliphatic hydroxyl groups excluding tert-OH is 2. The summed E-state index contributed by atoms with van der Waals surface area (Å²) in [5.41, 5.74) is -1.74. The van der Waals surface area contributed by atoms with Crippen LogP contribution in [0.15, 0.2) is 15.8 Å². The molecule has 2 saturated heterocycles. The Hall–Kier alpha value is -1.48. The van der Waals surface area contributed by atoms with Gasteiger partial charge in [0.2, 0.25) is 0 Å². The zero-order valence-electron chi connectivity index (χ0n) is 10.9. The maximum absolute atomic E-state index is 11.9. The normalized spacial score (nSPS) is 36.2. The van der Waals surface area contributed by atoms with Crippen LogP contribution >= 0.6 is 0 Å². The van der Waals surface area contributed by atoms with E-state index >= 15 is 0 Å². The third-order valence-corrected chi connectivity index (χ3v) is 4.06. The zero-order valence-corrected chi connectivity index (χ0v) is 10.9. The largest absolute Gasteiger partial charge is 0.393 e. The quantitative estimate of drug-likeness (QED) is 0.573. The Balaban J connectivity index is 2.00. The number of hydrogen-bond donors (Lipinski definition) is 3. The average molecular weight is 284 g/mol. The smallest absolute Gasteiger partial charge is 0.328 e. The van der Waals surface area contributed by atoms with Gasteiger partial charge < -0.3 is 19.7 Å². The summed E-state index contributed by atoms with van der Waals surface area (Å²) in [4.78, 5) is 25.5. The predicted molar refractivity (Wildman–Crippen MR) is 66.6 cm³/mol. The minimum absolute atomic E-state index is 0.0723. The summed E-state index contributed by atoms with van der Waals surface area (Å²) >= 11 is 0. The number of aromatic amines is 1. The van der Waals surface area contributed by atoms with Gasteiger partial charge in [0.25, 0.3) is 5.56 Å². The van der Waals surface area contributed by atoms with Gasteiger partial charge >= 0.3 is 5.69 Å². The molecule has 0 saturated carbocycles. The van der Waals surface area contributed by atoms with E-state index in [-0.39, 0.29) is 19.8 Å². The Bertz CT molecular complexity index is 638. The number of fused-ring (bicyclic) bond motifs is 2. The zero-order chi connectivity index (χ0) is 14.5. The molecule has 4 atom stereocenters. The van der Waals surface area contributed by atoms with Crippen LogP contribution in [0.5, 0.6) is 0 Å². The number of rotatable bonds is 2. The van der Waals surface area contributed by atoms with E-state index in [9.17, 15) is 19.8 Å². The van der Waals surface area contributed by atoms with Gasteiger partial charge in [-0.15, -0.1) is 0 Å². The number of nitrogens with zero attached hydrogens (tertiary/aromatic N) is 1. The molecule has 2 bridgehead atoms. The molecule has 0 aliphatic carbocycles. The van der Waals surface area contributed by atoms with Crippen LogP contribution in [-0.4, -0.2) is 57.4 Å². The Morgan fingerprint density at radius 1 is 1.55 bits per heavy atom. The first kappa shape index (κ1) is 13.5. The van der Waals surface area contributed by atoms with Crippen molar-refractivity contribution in [2.45, 2.75) is 30.8 Å². The van der Waals surface area contributed by atoms with E-state index in [0.29, 0.717) is 5.56 Å². The van der Waals surface area contributed by atoms with E-state index in [1.54, 1.807) is 6.92 Å². The van der Waals surface area contributed by atoms with Crippen LogP contribution in [0, 0.1) is 6.92 Å². The molecule has 1 aromatic heterocycles. The summed E-state index contributed by atoms with van der Waals surface area (Å²) in [6.07, 6.45) is -0.250. The van der Waals surface area contributed by atoms with Gasteiger partial charge in [0.05, 0.1) is 25.9 Å². The Labute approximate surface area is 113 Å². The van der Waals surface area contributed by atoms with Gasteiger partial charge in [0.15, 0.2) is 0 Å². The van der Waals surface area contributed by atoms with Gasteiger partial charge in [-0.2, -0.15) is 0 Å². The van der Waals surface area contributed by atoms with Gasteiger partial charge in [0, 0.05) is 11.8 Å². The van der Waals surface area contributed by atoms with E-state index in [1.807, 2.05) is 0 Å². The number of aryl methyl sites for hydroxylation is 1. The van der Waals surface area contributed by atoms with Crippen molar-refractivity contribution in [1.82, 2.24) is 9.55 Å². The highest BCUT2D eigenvalue weighted by atomic mass is 16.6. The van der Waals surface area contributed by atoms with Crippen molar-refractivity contribution in [3.8, 4) is 0 Å². The van der Waals surface area contributed by atoms with Crippen LogP contribution in [0.3, 0.4) is 0 Å². The molecule has 0 spiro atoms. The van der Waals surface area contributed by atoms with Gasteiger partial charge in [-0.05, 0) is 6.92 Å². The van der Waals surface area contributed by atoms with Crippen molar-refractivity contribution in [2.75, 3.05) is 19.8 Å². The van der Waals surface area contributed by atoms with E-state index in [1.165, 1.54) is 10.8 Å². The lowest BCUT2D eigenvalue weighted by molar-refractivity contribution is -0.166. The number of hydrogen-bond acceptors (Lipinski definition) is 6. The van der Waals surface area contributed by atoms with Crippen molar-refractivity contribution in [2.24, 2.45) is 0 Å². The predicted octanol–water partition coefficient (Wildman–Crippen LogP) is -2.09. The third-order valence-electron chi connectivity index (χ3n) is 4.06. The second kappa shape index (κ2) is 4.52. The van der Waals surface area contributed by atoms with Crippen LogP contribution in [-0.2, 0) is 9.47 Å². The molecule has 3 N–H and O–H groups in total. The molecule has 0 aromatic carbocycles. The fourth-order valence-electron chi connectivity index (χ4n) is 2.76. The highest BCUT2D eigenvalue weighted by molar-refractivity contribution is 5.08. The first-order valence-corrected chi connectivity index (χ1v) is 6.35. The Morgan fingerprint density at radius 3 is 3.00 bits per heavy atom. The molecule has 8 nitrogen and oxygen atoms in total. The Morgan fingerprint density at radius 2 is 2.30 bits per heavy atom. The summed E-state index contributed by atoms with van der Waals surface area (Å²) in [6.45, 7) is 1.43. The molecule has 2 fully saturated rings. The van der Waals surface area contributed by atoms with Crippen molar-refractivity contribution in [1.29, 1.82) is 0 Å². The fourth-order valence-corrected chi connectivity index (χ4v) is 2.76. The SMILES string of the molecule is Cc1cn([C@@H]2CO[C@@]3(CO)CO[C@@H]2[C@@H]3O)c(=O)[nH]c1=O. The first-order chi connectivity index (χ1) is 9.48. The van der Waals surface area contributed by atoms with E-state index in [0.717, 1.165) is 0 Å². The van der Waals surface area contributed by atoms with Gasteiger partial charge in [-0.1, -0.05) is 0 Å². The number of H-pyrrole nitrogens is 1. The monoisotopic (exact) mass is 284 g/mol. The molecule has 0 radical (unpaired) electrons. The highest BCUT2D eigenvalue weighted by Crippen LogP contribution is 2.38. The van der Waals surface area contributed by atoms with Gasteiger partial charge in [-0.3, -0.25) is 14.3 Å². The van der Waals surface area contributed by atoms with Crippen LogP contribution in [0.1, 0.15) is 11.6 Å². The van der Waals surface area contributed by atoms with Crippen molar-refractivity contribution in [3.63, 3.8) is 0 Å². The maximum atomic E-state index is 11.9. The Kier molecular flexibility index (Phi) is 3.05. The lowest BCUT2D eigenvalue weighted by atomic mass is 9.90. The molecule has 0 unspecified atom stereocenters. The van der Waals surface area contributed by atoms with Crippen LogP contribution in [0.4, 0.5) is 0 Å². The first-order valence-electron chi connectivity index (χ1n) is 6.35. The summed E-state index contributed by atoms with van der Waals surface area (Å²) in [5.74, 6) is 0. The van der Waals surface area contributed by atoms with Crippen molar-refractivity contribution in [3.05, 3.63) is 32.6 Å². The second-order valence-electron chi connectivity index (χ2n) is 5.30. The topological polar surface area (TPSA) is 114 Å². The molecule has 3 rings (SSSR count). The van der Waals surface area contributed by atoms with Crippen LogP contribution < -0.4 is 11.2 Å². The number of aromatic nitrogens is 2. The highest BCUT2D eigenvalue weighted by Gasteiger charge is 2.57. The van der Waals surface area contributed by atoms with Gasteiger partial charge in [0.1, 0.15) is 17.8 Å². The summed E-state index contributed by atoms with van der Waals surface area (Å²) in [7, 11) is 0. The molecule has 2 aliphatic rings. The maximum Gasteiger partial charge on any atom is 0.328 e. The summed E-state index contributed by atoms with van der Waals surface area (Å²) in [5, 5.41) is 19.6. The lowest BCUT2D eigenvalue weighted by Gasteiger charge is -2.38. The second-order valence-corrected chi connectivity index (χ2v) is 5.30. The summed E-state index contributed by atoms with van der Waals surface area (Å²) in [6, 6.07) is -0.546. The standard InChI is InChI=1S/C12H16N2O6/c1-6-2-14(11(18)13-10(6)17)7-3-20-12(4-15)5-19-8(7)9(12)16/h2,7-9,15-16H,3-5H2,1H3,(H,13,17,18)/t7-,8+,9+,12+/m1/s1. The molecule has 3 heterocycles.